The maximum absolute atomic E-state index is 12.5. The molecule has 1 saturated carbocycles. The lowest BCUT2D eigenvalue weighted by atomic mass is 9.87. The van der Waals surface area contributed by atoms with Crippen molar-refractivity contribution in [2.24, 2.45) is 11.8 Å². The topological polar surface area (TPSA) is 87.7 Å². The van der Waals surface area contributed by atoms with E-state index in [1.807, 2.05) is 49.4 Å². The van der Waals surface area contributed by atoms with Gasteiger partial charge in [0.15, 0.2) is 6.61 Å². The molecule has 3 N–H and O–H groups in total. The second-order valence-corrected chi connectivity index (χ2v) is 7.97. The average Bonchev–Trinajstić information content (AvgIpc) is 3.13. The van der Waals surface area contributed by atoms with Crippen LogP contribution in [0.1, 0.15) is 29.0 Å². The van der Waals surface area contributed by atoms with E-state index in [1.165, 1.54) is 0 Å². The molecule has 6 nitrogen and oxygen atoms in total. The summed E-state index contributed by atoms with van der Waals surface area (Å²) in [7, 11) is 0. The fraction of sp³-hybridized carbons (Fsp3) is 0.391. The first-order valence-electron chi connectivity index (χ1n) is 10.0. The summed E-state index contributed by atoms with van der Waals surface area (Å²) in [6, 6.07) is 15.1. The fourth-order valence-corrected chi connectivity index (χ4v) is 4.28. The molecular weight excluding hydrogens is 368 g/mol. The third-order valence-electron chi connectivity index (χ3n) is 5.91. The van der Waals surface area contributed by atoms with E-state index in [-0.39, 0.29) is 36.6 Å². The van der Waals surface area contributed by atoms with Gasteiger partial charge in [-0.15, -0.1) is 0 Å². The third-order valence-corrected chi connectivity index (χ3v) is 5.91. The lowest BCUT2D eigenvalue weighted by Gasteiger charge is -2.19. The minimum Gasteiger partial charge on any atom is -0.508 e. The number of carbonyl (C=O) groups is 2. The maximum Gasteiger partial charge on any atom is 0.307 e. The van der Waals surface area contributed by atoms with Crippen molar-refractivity contribution < 1.29 is 19.4 Å². The normalized spacial score (nSPS) is 23.1. The van der Waals surface area contributed by atoms with Crippen molar-refractivity contribution in [1.82, 2.24) is 10.6 Å². The third kappa shape index (κ3) is 4.43. The second kappa shape index (κ2) is 8.25. The monoisotopic (exact) mass is 394 g/mol. The Bertz CT molecular complexity index is 889. The van der Waals surface area contributed by atoms with Gasteiger partial charge in [-0.05, 0) is 30.4 Å². The minimum absolute atomic E-state index is 0.0485. The molecule has 2 aliphatic rings. The first kappa shape index (κ1) is 19.5. The Morgan fingerprint density at radius 2 is 1.90 bits per heavy atom. The molecule has 2 aromatic carbocycles. The smallest absolute Gasteiger partial charge is 0.307 e. The van der Waals surface area contributed by atoms with E-state index in [9.17, 15) is 14.7 Å². The highest BCUT2D eigenvalue weighted by atomic mass is 16.5. The number of fused-ring (bicyclic) bond motifs is 1. The number of hydrogen-bond donors (Lipinski definition) is 3. The molecule has 0 bridgehead atoms. The van der Waals surface area contributed by atoms with E-state index in [4.69, 9.17) is 4.74 Å². The van der Waals surface area contributed by atoms with Crippen molar-refractivity contribution in [2.45, 2.75) is 25.3 Å². The zero-order valence-electron chi connectivity index (χ0n) is 16.4. The Labute approximate surface area is 170 Å². The Hall–Kier alpha value is -2.86. The number of esters is 1. The number of aryl methyl sites for hydroxylation is 1. The number of amides is 1. The maximum atomic E-state index is 12.5. The van der Waals surface area contributed by atoms with Gasteiger partial charge in [-0.25, -0.2) is 0 Å². The molecular formula is C23H26N2O4. The minimum atomic E-state index is -0.465. The molecule has 1 heterocycles. The summed E-state index contributed by atoms with van der Waals surface area (Å²) in [5.41, 5.74) is 2.58. The van der Waals surface area contributed by atoms with Crippen molar-refractivity contribution in [3.63, 3.8) is 0 Å². The number of phenols is 1. The van der Waals surface area contributed by atoms with E-state index in [1.54, 1.807) is 6.07 Å². The van der Waals surface area contributed by atoms with E-state index in [2.05, 4.69) is 10.6 Å². The van der Waals surface area contributed by atoms with E-state index in [0.29, 0.717) is 17.4 Å². The van der Waals surface area contributed by atoms with Crippen LogP contribution in [-0.2, 0) is 14.3 Å². The van der Waals surface area contributed by atoms with Crippen LogP contribution in [0.15, 0.2) is 48.5 Å². The van der Waals surface area contributed by atoms with Crippen LogP contribution in [0.4, 0.5) is 0 Å². The quantitative estimate of drug-likeness (QED) is 0.626. The Kier molecular flexibility index (Phi) is 5.53. The summed E-state index contributed by atoms with van der Waals surface area (Å²) in [4.78, 5) is 24.6. The highest BCUT2D eigenvalue weighted by Gasteiger charge is 2.53. The van der Waals surface area contributed by atoms with Gasteiger partial charge in [0.2, 0.25) is 0 Å². The van der Waals surface area contributed by atoms with Crippen LogP contribution in [0, 0.1) is 18.8 Å². The summed E-state index contributed by atoms with van der Waals surface area (Å²) >= 11 is 0. The van der Waals surface area contributed by atoms with Crippen LogP contribution >= 0.6 is 0 Å². The predicted octanol–water partition coefficient (Wildman–Crippen LogP) is 2.10. The molecule has 2 unspecified atom stereocenters. The average molecular weight is 394 g/mol. The molecule has 1 saturated heterocycles. The number of phenolic OH excluding ortho intramolecular Hbond substituents is 1. The summed E-state index contributed by atoms with van der Waals surface area (Å²) < 4.78 is 5.25. The van der Waals surface area contributed by atoms with Crippen molar-refractivity contribution in [3.8, 4) is 5.75 Å². The highest BCUT2D eigenvalue weighted by Crippen LogP contribution is 2.41. The summed E-state index contributed by atoms with van der Waals surface area (Å²) in [6.07, 6.45) is 0.0485. The Morgan fingerprint density at radius 1 is 1.17 bits per heavy atom. The first-order valence-corrected chi connectivity index (χ1v) is 10.0. The number of carbonyl (C=O) groups excluding carboxylic acids is 2. The van der Waals surface area contributed by atoms with E-state index in [0.717, 1.165) is 24.2 Å². The number of hydrogen-bond acceptors (Lipinski definition) is 5. The molecule has 1 aliphatic heterocycles. The van der Waals surface area contributed by atoms with E-state index >= 15 is 0 Å². The molecule has 6 heteroatoms. The van der Waals surface area contributed by atoms with Gasteiger partial charge >= 0.3 is 5.97 Å². The van der Waals surface area contributed by atoms with Crippen molar-refractivity contribution in [2.75, 3.05) is 19.7 Å². The summed E-state index contributed by atoms with van der Waals surface area (Å²) in [5, 5.41) is 16.6. The lowest BCUT2D eigenvalue weighted by Crippen LogP contribution is -2.35. The summed E-state index contributed by atoms with van der Waals surface area (Å²) in [5.74, 6) is 0.104. The molecule has 2 fully saturated rings. The van der Waals surface area contributed by atoms with Gasteiger partial charge in [0.05, 0.1) is 6.42 Å². The number of rotatable bonds is 7. The molecule has 2 aromatic rings. The number of benzene rings is 2. The van der Waals surface area contributed by atoms with Crippen LogP contribution in [-0.4, -0.2) is 42.7 Å². The molecule has 0 spiro atoms. The molecule has 0 radical (unpaired) electrons. The largest absolute Gasteiger partial charge is 0.508 e. The molecule has 152 valence electrons. The molecule has 1 amide bonds. The number of ether oxygens (including phenoxy) is 1. The lowest BCUT2D eigenvalue weighted by molar-refractivity contribution is -0.148. The van der Waals surface area contributed by atoms with Gasteiger partial charge in [0, 0.05) is 30.6 Å². The van der Waals surface area contributed by atoms with Crippen LogP contribution in [0.2, 0.25) is 0 Å². The zero-order valence-corrected chi connectivity index (χ0v) is 16.4. The fourth-order valence-electron chi connectivity index (χ4n) is 4.28. The molecule has 4 atom stereocenters. The summed E-state index contributed by atoms with van der Waals surface area (Å²) in [6.45, 7) is 3.54. The van der Waals surface area contributed by atoms with Gasteiger partial charge < -0.3 is 20.5 Å². The van der Waals surface area contributed by atoms with E-state index < -0.39 is 5.97 Å². The zero-order chi connectivity index (χ0) is 20.4. The molecule has 1 aliphatic carbocycles. The van der Waals surface area contributed by atoms with Crippen molar-refractivity contribution in [3.05, 3.63) is 65.2 Å². The molecule has 0 aromatic heterocycles. The first-order chi connectivity index (χ1) is 14.0. The van der Waals surface area contributed by atoms with Gasteiger partial charge in [-0.1, -0.05) is 48.0 Å². The van der Waals surface area contributed by atoms with Crippen LogP contribution in [0.3, 0.4) is 0 Å². The Morgan fingerprint density at radius 3 is 2.62 bits per heavy atom. The van der Waals surface area contributed by atoms with Crippen LogP contribution in [0.25, 0.3) is 0 Å². The molecule has 29 heavy (non-hydrogen) atoms. The van der Waals surface area contributed by atoms with Gasteiger partial charge in [-0.3, -0.25) is 9.59 Å². The van der Waals surface area contributed by atoms with Crippen molar-refractivity contribution >= 4 is 11.9 Å². The standard InChI is InChI=1S/C23H26N2O4/c1-14-7-8-20(26)17(9-14)16(15-5-3-2-4-6-15)10-22(28)29-13-21(27)25-23-18-11-24-12-19(18)23/h2-9,16,18-19,23-24,26H,10-13H2,1H3,(H,25,27)/t16?,18-,19+,23?. The van der Waals surface area contributed by atoms with Crippen molar-refractivity contribution in [1.29, 1.82) is 0 Å². The Balaban J connectivity index is 1.38. The number of nitrogens with one attached hydrogen (secondary N) is 2. The number of piperidine rings is 1. The number of aromatic hydroxyl groups is 1. The molecule has 4 rings (SSSR count). The van der Waals surface area contributed by atoms with Gasteiger partial charge in [0.25, 0.3) is 5.91 Å². The SMILES string of the molecule is Cc1ccc(O)c(C(CC(=O)OCC(=O)NC2[C@H]3CNC[C@@H]23)c2ccccc2)c1. The van der Waals surface area contributed by atoms with Gasteiger partial charge in [-0.2, -0.15) is 0 Å². The van der Waals surface area contributed by atoms with Crippen LogP contribution < -0.4 is 10.6 Å². The highest BCUT2D eigenvalue weighted by molar-refractivity contribution is 5.81. The van der Waals surface area contributed by atoms with Gasteiger partial charge in [0.1, 0.15) is 5.75 Å². The second-order valence-electron chi connectivity index (χ2n) is 7.97. The predicted molar refractivity (Wildman–Crippen MR) is 108 cm³/mol. The van der Waals surface area contributed by atoms with Crippen LogP contribution in [0.5, 0.6) is 5.75 Å².